The van der Waals surface area contributed by atoms with Crippen molar-refractivity contribution in [3.05, 3.63) is 45.4 Å². The van der Waals surface area contributed by atoms with Crippen LogP contribution in [0.1, 0.15) is 6.92 Å². The summed E-state index contributed by atoms with van der Waals surface area (Å²) in [6.07, 6.45) is 0. The van der Waals surface area contributed by atoms with Crippen LogP contribution >= 0.6 is 0 Å². The first kappa shape index (κ1) is 36.0. The van der Waals surface area contributed by atoms with Crippen LogP contribution in [-0.2, 0) is 47.4 Å². The molecule has 7 heteroatoms. The molecule has 0 amide bonds. The predicted octanol–water partition coefficient (Wildman–Crippen LogP) is 0.701. The SMILES string of the molecule is C=C(C)C#C[C](=[W])OC.[C-]#[O+].[C-]#[O+].[C-]#[O+].[C-]#[O+].[C-]#[O+]. The van der Waals surface area contributed by atoms with Crippen LogP contribution in [0.4, 0.5) is 0 Å². The van der Waals surface area contributed by atoms with E-state index in [4.69, 9.17) is 28.0 Å². The zero-order chi connectivity index (χ0) is 17.3. The van der Waals surface area contributed by atoms with Crippen molar-refractivity contribution >= 4 is 4.08 Å². The van der Waals surface area contributed by atoms with Gasteiger partial charge in [0.15, 0.2) is 0 Å². The van der Waals surface area contributed by atoms with Crippen LogP contribution in [-0.4, -0.2) is 11.2 Å². The minimum absolute atomic E-state index is 0.804. The Morgan fingerprint density at radius 2 is 1.16 bits per heavy atom. The summed E-state index contributed by atoms with van der Waals surface area (Å²) in [5.41, 5.74) is 0.866. The molecule has 0 aliphatic heterocycles. The molecule has 0 aromatic rings. The monoisotopic (exact) mass is 432 g/mol. The van der Waals surface area contributed by atoms with Gasteiger partial charge >= 0.3 is 123 Å². The summed E-state index contributed by atoms with van der Waals surface area (Å²) < 4.78 is 43.1. The van der Waals surface area contributed by atoms with Gasteiger partial charge in [-0.15, -0.1) is 0 Å². The van der Waals surface area contributed by atoms with Gasteiger partial charge in [-0.2, -0.15) is 0 Å². The molecule has 98 valence electrons. The number of hydrogen-bond acceptors (Lipinski definition) is 1. The summed E-state index contributed by atoms with van der Waals surface area (Å²) in [5, 5.41) is 0. The predicted molar refractivity (Wildman–Crippen MR) is 54.3 cm³/mol. The Bertz CT molecular complexity index is 327. The standard InChI is InChI=1S/C7H8O.5CO.W/c1-7(2)5-4-6-8-3;5*1-2;/h1H2,2-3H3;;;;;;. The third-order valence-electron chi connectivity index (χ3n) is 0.563. The van der Waals surface area contributed by atoms with Crippen molar-refractivity contribution < 1.29 is 47.4 Å². The normalized spacial score (nSPS) is 4.00. The van der Waals surface area contributed by atoms with Crippen molar-refractivity contribution in [1.29, 1.82) is 0 Å². The quantitative estimate of drug-likeness (QED) is 0.340. The number of allylic oxidation sites excluding steroid dienone is 1. The molecule has 0 rings (SSSR count). The number of hydrogen-bond donors (Lipinski definition) is 0. The van der Waals surface area contributed by atoms with Gasteiger partial charge in [0.25, 0.3) is 0 Å². The second-order valence-corrected chi connectivity index (χ2v) is 2.85. The fraction of sp³-hybridized carbons (Fsp3) is 0.167. The molecule has 0 unspecified atom stereocenters. The Morgan fingerprint density at radius 1 is 0.895 bits per heavy atom. The number of methoxy groups -OCH3 is 1. The van der Waals surface area contributed by atoms with Gasteiger partial charge in [-0.1, -0.05) is 0 Å². The van der Waals surface area contributed by atoms with Gasteiger partial charge in [0.2, 0.25) is 0 Å². The molecule has 0 heterocycles. The van der Waals surface area contributed by atoms with Gasteiger partial charge in [0, 0.05) is 0 Å². The van der Waals surface area contributed by atoms with E-state index >= 15 is 0 Å². The van der Waals surface area contributed by atoms with Gasteiger partial charge in [-0.3, -0.25) is 0 Å². The molecule has 6 nitrogen and oxygen atoms in total. The van der Waals surface area contributed by atoms with E-state index in [1.807, 2.05) is 6.92 Å². The van der Waals surface area contributed by atoms with Crippen LogP contribution in [0, 0.1) is 45.1 Å². The zero-order valence-corrected chi connectivity index (χ0v) is 13.0. The Hall–Kier alpha value is -1.48. The maximum atomic E-state index is 7.50. The molecule has 0 aliphatic carbocycles. The molecule has 0 saturated heterocycles. The molecule has 0 fully saturated rings. The van der Waals surface area contributed by atoms with Crippen LogP contribution < -0.4 is 0 Å². The van der Waals surface area contributed by atoms with Crippen molar-refractivity contribution in [3.8, 4) is 11.8 Å². The first-order valence-corrected chi connectivity index (χ1v) is 4.91. The summed E-state index contributed by atoms with van der Waals surface area (Å²) >= 11 is 1.25. The first-order valence-electron chi connectivity index (χ1n) is 3.44. The molecule has 0 spiro atoms. The molecule has 0 aromatic heterocycles. The third kappa shape index (κ3) is 114. The van der Waals surface area contributed by atoms with E-state index in [2.05, 4.69) is 51.7 Å². The van der Waals surface area contributed by atoms with E-state index in [-0.39, 0.29) is 0 Å². The van der Waals surface area contributed by atoms with Crippen molar-refractivity contribution in [2.75, 3.05) is 7.11 Å². The minimum atomic E-state index is 0.804. The van der Waals surface area contributed by atoms with E-state index < -0.39 is 0 Å². The van der Waals surface area contributed by atoms with Crippen molar-refractivity contribution in [1.82, 2.24) is 0 Å². The topological polar surface area (TPSA) is 109 Å². The van der Waals surface area contributed by atoms with Crippen LogP contribution in [0.5, 0.6) is 0 Å². The zero-order valence-electron chi connectivity index (χ0n) is 10.1. The molecule has 0 atom stereocenters. The molecular weight excluding hydrogens is 424 g/mol. The van der Waals surface area contributed by atoms with Gasteiger partial charge in [-0.05, 0) is 0 Å². The fourth-order valence-electron chi connectivity index (χ4n) is 0.209. The summed E-state index contributed by atoms with van der Waals surface area (Å²) in [5.74, 6) is 5.62. The van der Waals surface area contributed by atoms with E-state index in [9.17, 15) is 0 Å². The van der Waals surface area contributed by atoms with Gasteiger partial charge in [-0.25, -0.2) is 0 Å². The summed E-state index contributed by atoms with van der Waals surface area (Å²) in [6.45, 7) is 28.0. The molecule has 0 aliphatic rings. The molecule has 0 saturated carbocycles. The van der Waals surface area contributed by atoms with Crippen LogP contribution in [0.3, 0.4) is 0 Å². The second kappa shape index (κ2) is 70.4. The van der Waals surface area contributed by atoms with Crippen LogP contribution in [0.2, 0.25) is 0 Å². The first-order chi connectivity index (χ1) is 9.16. The van der Waals surface area contributed by atoms with Gasteiger partial charge in [0.05, 0.1) is 0 Å². The molecule has 0 radical (unpaired) electrons. The van der Waals surface area contributed by atoms with E-state index in [1.165, 1.54) is 19.4 Å². The molecule has 0 bridgehead atoms. The van der Waals surface area contributed by atoms with Gasteiger partial charge < -0.3 is 0 Å². The Labute approximate surface area is 123 Å². The average molecular weight is 432 g/mol. The van der Waals surface area contributed by atoms with Crippen LogP contribution in [0.15, 0.2) is 12.2 Å². The molecule has 0 N–H and O–H groups in total. The average Bonchev–Trinajstić information content (AvgIpc) is 2.54. The summed E-state index contributed by atoms with van der Waals surface area (Å²) in [6, 6.07) is 0. The summed E-state index contributed by atoms with van der Waals surface area (Å²) in [7, 11) is 1.62. The Balaban J connectivity index is -0.0000000356. The Kier molecular flexibility index (Phi) is 133. The van der Waals surface area contributed by atoms with E-state index in [0.717, 1.165) is 9.66 Å². The van der Waals surface area contributed by atoms with E-state index in [1.54, 1.807) is 7.11 Å². The van der Waals surface area contributed by atoms with Crippen LogP contribution in [0.25, 0.3) is 0 Å². The second-order valence-electron chi connectivity index (χ2n) is 1.52. The van der Waals surface area contributed by atoms with Gasteiger partial charge in [0.1, 0.15) is 0 Å². The number of ether oxygens (including phenoxy) is 1. The Morgan fingerprint density at radius 3 is 1.32 bits per heavy atom. The molecule has 0 aromatic carbocycles. The van der Waals surface area contributed by atoms with Crippen molar-refractivity contribution in [2.45, 2.75) is 6.92 Å². The van der Waals surface area contributed by atoms with Crippen molar-refractivity contribution in [2.24, 2.45) is 0 Å². The maximum absolute atomic E-state index is 7.50. The fourth-order valence-corrected chi connectivity index (χ4v) is 0.392. The van der Waals surface area contributed by atoms with E-state index in [0.29, 0.717) is 0 Å². The molecule has 19 heavy (non-hydrogen) atoms. The van der Waals surface area contributed by atoms with Crippen molar-refractivity contribution in [3.63, 3.8) is 0 Å². The third-order valence-corrected chi connectivity index (χ3v) is 1.53. The molecular formula is C12H8O6W. The number of rotatable bonds is 1. The summed E-state index contributed by atoms with van der Waals surface area (Å²) in [4.78, 5) is 0.